The van der Waals surface area contributed by atoms with Crippen molar-refractivity contribution in [1.29, 1.82) is 0 Å². The van der Waals surface area contributed by atoms with Crippen molar-refractivity contribution in [3.8, 4) is 5.69 Å². The molecule has 1 atom stereocenters. The van der Waals surface area contributed by atoms with Crippen LogP contribution in [0.2, 0.25) is 0 Å². The zero-order chi connectivity index (χ0) is 19.4. The number of hydrogen-bond donors (Lipinski definition) is 0. The molecule has 1 amide bonds. The van der Waals surface area contributed by atoms with Crippen molar-refractivity contribution in [3.63, 3.8) is 0 Å². The van der Waals surface area contributed by atoms with E-state index in [9.17, 15) is 9.59 Å². The first-order chi connectivity index (χ1) is 13.0. The Balaban J connectivity index is 1.82. The maximum atomic E-state index is 13.1. The SMILES string of the molecule is CCOC(=O)[C@H]1CCCN(C(=O)c2cnn(-c3ccc(C)cc3)c2CC)C1. The second-order valence-corrected chi connectivity index (χ2v) is 6.95. The van der Waals surface area contributed by atoms with Gasteiger partial charge in [-0.05, 0) is 45.2 Å². The summed E-state index contributed by atoms with van der Waals surface area (Å²) in [7, 11) is 0. The minimum absolute atomic E-state index is 0.0563. The molecule has 1 aliphatic rings. The van der Waals surface area contributed by atoms with E-state index in [-0.39, 0.29) is 17.8 Å². The Morgan fingerprint density at radius 2 is 1.96 bits per heavy atom. The molecule has 27 heavy (non-hydrogen) atoms. The number of piperidine rings is 1. The van der Waals surface area contributed by atoms with E-state index >= 15 is 0 Å². The molecule has 2 aromatic rings. The van der Waals surface area contributed by atoms with Crippen LogP contribution in [0.3, 0.4) is 0 Å². The fraction of sp³-hybridized carbons (Fsp3) is 0.476. The Morgan fingerprint density at radius 1 is 1.22 bits per heavy atom. The third-order valence-corrected chi connectivity index (χ3v) is 5.04. The molecule has 0 bridgehead atoms. The number of benzene rings is 1. The van der Waals surface area contributed by atoms with Crippen molar-refractivity contribution in [2.75, 3.05) is 19.7 Å². The van der Waals surface area contributed by atoms with E-state index in [0.29, 0.717) is 31.7 Å². The highest BCUT2D eigenvalue weighted by Crippen LogP contribution is 2.23. The number of rotatable bonds is 5. The maximum Gasteiger partial charge on any atom is 0.310 e. The number of carbonyl (C=O) groups is 2. The van der Waals surface area contributed by atoms with E-state index in [1.54, 1.807) is 18.0 Å². The first kappa shape index (κ1) is 19.1. The van der Waals surface area contributed by atoms with Gasteiger partial charge in [-0.25, -0.2) is 4.68 Å². The number of carbonyl (C=O) groups excluding carboxylic acids is 2. The molecule has 1 aromatic carbocycles. The van der Waals surface area contributed by atoms with Gasteiger partial charge in [0.25, 0.3) is 5.91 Å². The molecule has 0 aliphatic carbocycles. The first-order valence-corrected chi connectivity index (χ1v) is 9.65. The molecular formula is C21H27N3O3. The normalized spacial score (nSPS) is 17.0. The van der Waals surface area contributed by atoms with Gasteiger partial charge >= 0.3 is 5.97 Å². The van der Waals surface area contributed by atoms with Crippen LogP contribution < -0.4 is 0 Å². The van der Waals surface area contributed by atoms with E-state index < -0.39 is 0 Å². The molecule has 6 heteroatoms. The van der Waals surface area contributed by atoms with Crippen LogP contribution in [0.5, 0.6) is 0 Å². The third kappa shape index (κ3) is 4.04. The van der Waals surface area contributed by atoms with E-state index in [4.69, 9.17) is 4.74 Å². The Hall–Kier alpha value is -2.63. The van der Waals surface area contributed by atoms with Crippen LogP contribution >= 0.6 is 0 Å². The third-order valence-electron chi connectivity index (χ3n) is 5.04. The summed E-state index contributed by atoms with van der Waals surface area (Å²) in [6.07, 6.45) is 3.92. The molecule has 0 spiro atoms. The predicted molar refractivity (Wildman–Crippen MR) is 103 cm³/mol. The van der Waals surface area contributed by atoms with Crippen molar-refractivity contribution in [3.05, 3.63) is 47.3 Å². The quantitative estimate of drug-likeness (QED) is 0.760. The van der Waals surface area contributed by atoms with Crippen molar-refractivity contribution in [2.45, 2.75) is 40.0 Å². The lowest BCUT2D eigenvalue weighted by atomic mass is 9.97. The number of esters is 1. The van der Waals surface area contributed by atoms with Gasteiger partial charge in [0.15, 0.2) is 0 Å². The largest absolute Gasteiger partial charge is 0.466 e. The van der Waals surface area contributed by atoms with E-state index in [2.05, 4.69) is 5.10 Å². The number of aromatic nitrogens is 2. The fourth-order valence-corrected chi connectivity index (χ4v) is 3.59. The summed E-state index contributed by atoms with van der Waals surface area (Å²) < 4.78 is 6.97. The average molecular weight is 369 g/mol. The zero-order valence-corrected chi connectivity index (χ0v) is 16.3. The van der Waals surface area contributed by atoms with Crippen LogP contribution in [0.1, 0.15) is 48.3 Å². The lowest BCUT2D eigenvalue weighted by Gasteiger charge is -2.31. The second kappa shape index (κ2) is 8.37. The molecule has 0 radical (unpaired) electrons. The highest BCUT2D eigenvalue weighted by Gasteiger charge is 2.31. The van der Waals surface area contributed by atoms with Crippen molar-refractivity contribution in [1.82, 2.24) is 14.7 Å². The summed E-state index contributed by atoms with van der Waals surface area (Å²) >= 11 is 0. The van der Waals surface area contributed by atoms with E-state index in [1.165, 1.54) is 5.56 Å². The van der Waals surface area contributed by atoms with Gasteiger partial charge in [-0.15, -0.1) is 0 Å². The van der Waals surface area contributed by atoms with Gasteiger partial charge in [0, 0.05) is 13.1 Å². The Labute approximate surface area is 160 Å². The fourth-order valence-electron chi connectivity index (χ4n) is 3.59. The molecule has 3 rings (SSSR count). The average Bonchev–Trinajstić information content (AvgIpc) is 3.12. The first-order valence-electron chi connectivity index (χ1n) is 9.65. The van der Waals surface area contributed by atoms with Crippen LogP contribution in [0.4, 0.5) is 0 Å². The van der Waals surface area contributed by atoms with Crippen LogP contribution in [-0.4, -0.2) is 46.3 Å². The van der Waals surface area contributed by atoms with Crippen molar-refractivity contribution >= 4 is 11.9 Å². The predicted octanol–water partition coefficient (Wildman–Crippen LogP) is 3.16. The Kier molecular flexibility index (Phi) is 5.94. The summed E-state index contributed by atoms with van der Waals surface area (Å²) in [6.45, 7) is 7.31. The molecule has 0 unspecified atom stereocenters. The summed E-state index contributed by atoms with van der Waals surface area (Å²) in [5.41, 5.74) is 3.63. The van der Waals surface area contributed by atoms with E-state index in [0.717, 1.165) is 24.2 Å². The minimum Gasteiger partial charge on any atom is -0.466 e. The molecule has 1 aromatic heterocycles. The van der Waals surface area contributed by atoms with Crippen LogP contribution in [-0.2, 0) is 16.0 Å². The summed E-state index contributed by atoms with van der Waals surface area (Å²) in [5, 5.41) is 4.46. The van der Waals surface area contributed by atoms with Gasteiger partial charge in [-0.2, -0.15) is 5.10 Å². The van der Waals surface area contributed by atoms with Gasteiger partial charge in [0.1, 0.15) is 0 Å². The second-order valence-electron chi connectivity index (χ2n) is 6.95. The number of nitrogens with zero attached hydrogens (tertiary/aromatic N) is 3. The zero-order valence-electron chi connectivity index (χ0n) is 16.3. The van der Waals surface area contributed by atoms with Crippen LogP contribution in [0.15, 0.2) is 30.5 Å². The van der Waals surface area contributed by atoms with Gasteiger partial charge in [0.05, 0.1) is 35.7 Å². The Bertz CT molecular complexity index is 811. The van der Waals surface area contributed by atoms with Gasteiger partial charge in [-0.1, -0.05) is 24.6 Å². The lowest BCUT2D eigenvalue weighted by Crippen LogP contribution is -2.43. The molecule has 0 N–H and O–H groups in total. The maximum absolute atomic E-state index is 13.1. The van der Waals surface area contributed by atoms with Gasteiger partial charge in [-0.3, -0.25) is 9.59 Å². The highest BCUT2D eigenvalue weighted by atomic mass is 16.5. The van der Waals surface area contributed by atoms with Crippen molar-refractivity contribution < 1.29 is 14.3 Å². The molecule has 144 valence electrons. The smallest absolute Gasteiger partial charge is 0.310 e. The molecule has 6 nitrogen and oxygen atoms in total. The molecule has 1 saturated heterocycles. The number of hydrogen-bond acceptors (Lipinski definition) is 4. The molecule has 0 saturated carbocycles. The van der Waals surface area contributed by atoms with Crippen LogP contribution in [0.25, 0.3) is 5.69 Å². The number of likely N-dealkylation sites (tertiary alicyclic amines) is 1. The van der Waals surface area contributed by atoms with Crippen molar-refractivity contribution in [2.24, 2.45) is 5.92 Å². The summed E-state index contributed by atoms with van der Waals surface area (Å²) in [5.74, 6) is -0.500. The monoisotopic (exact) mass is 369 g/mol. The highest BCUT2D eigenvalue weighted by molar-refractivity contribution is 5.95. The Morgan fingerprint density at radius 3 is 2.63 bits per heavy atom. The minimum atomic E-state index is -0.236. The number of ether oxygens (including phenoxy) is 1. The summed E-state index contributed by atoms with van der Waals surface area (Å²) in [4.78, 5) is 27.0. The number of amides is 1. The van der Waals surface area contributed by atoms with Crippen LogP contribution in [0, 0.1) is 12.8 Å². The van der Waals surface area contributed by atoms with Gasteiger partial charge < -0.3 is 9.64 Å². The standard InChI is InChI=1S/C21H27N3O3/c1-4-19-18(13-22-24(19)17-10-8-15(3)9-11-17)20(25)23-12-6-7-16(14-23)21(26)27-5-2/h8-11,13,16H,4-7,12,14H2,1-3H3/t16-/m0/s1. The topological polar surface area (TPSA) is 64.4 Å². The molecule has 1 fully saturated rings. The summed E-state index contributed by atoms with van der Waals surface area (Å²) in [6, 6.07) is 8.08. The van der Waals surface area contributed by atoms with Gasteiger partial charge in [0.2, 0.25) is 0 Å². The molecular weight excluding hydrogens is 342 g/mol. The number of aryl methyl sites for hydroxylation is 1. The lowest BCUT2D eigenvalue weighted by molar-refractivity contribution is -0.149. The molecule has 1 aliphatic heterocycles. The molecule has 2 heterocycles. The van der Waals surface area contributed by atoms with E-state index in [1.807, 2.05) is 42.8 Å².